The third-order valence-electron chi connectivity index (χ3n) is 2.91. The number of nitrogens with two attached hydrogens (primary N) is 1. The Hall–Kier alpha value is -1.85. The minimum Gasteiger partial charge on any atom is -0.399 e. The number of hydrogen-bond donors (Lipinski definition) is 2. The number of carbonyl (C=O) groups is 1. The van der Waals surface area contributed by atoms with Crippen molar-refractivity contribution in [2.45, 2.75) is 17.1 Å². The van der Waals surface area contributed by atoms with E-state index >= 15 is 0 Å². The van der Waals surface area contributed by atoms with Crippen LogP contribution in [0.5, 0.6) is 0 Å². The van der Waals surface area contributed by atoms with Gasteiger partial charge in [0.15, 0.2) is 0 Å². The Bertz CT molecular complexity index is 656. The van der Waals surface area contributed by atoms with Crippen molar-refractivity contribution in [2.24, 2.45) is 0 Å². The van der Waals surface area contributed by atoms with E-state index < -0.39 is 16.0 Å². The fourth-order valence-electron chi connectivity index (χ4n) is 1.68. The second-order valence-corrected chi connectivity index (χ2v) is 6.71. The molecule has 0 aliphatic carbocycles. The molecule has 0 heterocycles. The molecule has 2 aromatic carbocycles. The lowest BCUT2D eigenvalue weighted by Gasteiger charge is -2.12. The van der Waals surface area contributed by atoms with Crippen LogP contribution >= 0.6 is 11.6 Å². The minimum absolute atomic E-state index is 0.312. The van der Waals surface area contributed by atoms with Crippen molar-refractivity contribution in [3.8, 4) is 0 Å². The predicted octanol–water partition coefficient (Wildman–Crippen LogP) is 3.06. The van der Waals surface area contributed by atoms with Crippen LogP contribution < -0.4 is 11.1 Å². The highest BCUT2D eigenvalue weighted by molar-refractivity contribution is 7.86. The molecule has 21 heavy (non-hydrogen) atoms. The van der Waals surface area contributed by atoms with Crippen LogP contribution in [-0.2, 0) is 15.6 Å². The van der Waals surface area contributed by atoms with Gasteiger partial charge in [0.1, 0.15) is 5.25 Å². The normalized spacial score (nSPS) is 13.4. The molecular weight excluding hydrogens is 308 g/mol. The number of hydrogen-bond acceptors (Lipinski definition) is 3. The van der Waals surface area contributed by atoms with Gasteiger partial charge < -0.3 is 11.1 Å². The van der Waals surface area contributed by atoms with E-state index in [1.807, 2.05) is 0 Å². The molecular formula is C15H15ClN2O2S. The number of carbonyl (C=O) groups excluding carboxylic acids is 1. The van der Waals surface area contributed by atoms with E-state index in [1.165, 1.54) is 0 Å². The van der Waals surface area contributed by atoms with Gasteiger partial charge in [0, 0.05) is 21.3 Å². The number of nitrogens with one attached hydrogen (secondary N) is 1. The number of nitrogen functional groups attached to an aromatic ring is 1. The summed E-state index contributed by atoms with van der Waals surface area (Å²) in [6, 6.07) is 13.4. The maximum atomic E-state index is 12.3. The van der Waals surface area contributed by atoms with Crippen LogP contribution in [0.4, 0.5) is 11.4 Å². The van der Waals surface area contributed by atoms with Crippen LogP contribution in [-0.4, -0.2) is 15.4 Å². The monoisotopic (exact) mass is 322 g/mol. The molecule has 0 spiro atoms. The van der Waals surface area contributed by atoms with E-state index in [2.05, 4.69) is 5.32 Å². The van der Waals surface area contributed by atoms with Gasteiger partial charge in [-0.25, -0.2) is 0 Å². The molecule has 0 fully saturated rings. The van der Waals surface area contributed by atoms with Gasteiger partial charge in [0.25, 0.3) is 0 Å². The maximum Gasteiger partial charge on any atom is 0.240 e. The molecule has 6 heteroatoms. The highest BCUT2D eigenvalue weighted by Gasteiger charge is 2.21. The summed E-state index contributed by atoms with van der Waals surface area (Å²) in [5.74, 6) is -0.312. The lowest BCUT2D eigenvalue weighted by atomic mass is 10.3. The van der Waals surface area contributed by atoms with Gasteiger partial charge in [0.2, 0.25) is 5.91 Å². The molecule has 110 valence electrons. The van der Waals surface area contributed by atoms with Crippen LogP contribution in [0.2, 0.25) is 5.02 Å². The lowest BCUT2D eigenvalue weighted by Crippen LogP contribution is -2.29. The van der Waals surface area contributed by atoms with Gasteiger partial charge in [-0.05, 0) is 55.5 Å². The van der Waals surface area contributed by atoms with Crippen molar-refractivity contribution in [2.75, 3.05) is 11.1 Å². The summed E-state index contributed by atoms with van der Waals surface area (Å²) in [7, 11) is -1.44. The van der Waals surface area contributed by atoms with Gasteiger partial charge in [-0.15, -0.1) is 0 Å². The first-order chi connectivity index (χ1) is 9.97. The highest BCUT2D eigenvalue weighted by Crippen LogP contribution is 2.17. The molecule has 2 rings (SSSR count). The molecule has 3 N–H and O–H groups in total. The van der Waals surface area contributed by atoms with Crippen molar-refractivity contribution in [3.05, 3.63) is 53.6 Å². The van der Waals surface area contributed by atoms with Crippen LogP contribution in [0.3, 0.4) is 0 Å². The van der Waals surface area contributed by atoms with Crippen molar-refractivity contribution in [3.63, 3.8) is 0 Å². The minimum atomic E-state index is -1.44. The first-order valence-corrected chi connectivity index (χ1v) is 7.89. The Morgan fingerprint density at radius 2 is 1.71 bits per heavy atom. The molecule has 0 saturated carbocycles. The van der Waals surface area contributed by atoms with Gasteiger partial charge in [-0.2, -0.15) is 0 Å². The largest absolute Gasteiger partial charge is 0.399 e. The number of halogens is 1. The van der Waals surface area contributed by atoms with Crippen molar-refractivity contribution < 1.29 is 9.00 Å². The average Bonchev–Trinajstić information content (AvgIpc) is 2.49. The average molecular weight is 323 g/mol. The van der Waals surface area contributed by atoms with Crippen LogP contribution in [0.25, 0.3) is 0 Å². The van der Waals surface area contributed by atoms with Gasteiger partial charge >= 0.3 is 0 Å². The zero-order chi connectivity index (χ0) is 15.4. The standard InChI is InChI=1S/C15H15ClN2O2S/c1-10(21(20)14-8-2-11(16)3-9-14)15(19)18-13-6-4-12(17)5-7-13/h2-10H,17H2,1H3,(H,18,19). The zero-order valence-corrected chi connectivity index (χ0v) is 12.9. The molecule has 2 atom stereocenters. The first-order valence-electron chi connectivity index (χ1n) is 6.30. The quantitative estimate of drug-likeness (QED) is 0.850. The van der Waals surface area contributed by atoms with E-state index in [9.17, 15) is 9.00 Å². The van der Waals surface area contributed by atoms with E-state index in [-0.39, 0.29) is 5.91 Å². The predicted molar refractivity (Wildman–Crippen MR) is 86.8 cm³/mol. The number of rotatable bonds is 4. The van der Waals surface area contributed by atoms with E-state index in [4.69, 9.17) is 17.3 Å². The molecule has 0 saturated heterocycles. The lowest BCUT2D eigenvalue weighted by molar-refractivity contribution is -0.115. The molecule has 2 unspecified atom stereocenters. The summed E-state index contributed by atoms with van der Waals surface area (Å²) < 4.78 is 12.3. The highest BCUT2D eigenvalue weighted by atomic mass is 35.5. The summed E-state index contributed by atoms with van der Waals surface area (Å²) in [5.41, 5.74) is 6.82. The summed E-state index contributed by atoms with van der Waals surface area (Å²) in [6.07, 6.45) is 0. The van der Waals surface area contributed by atoms with Crippen molar-refractivity contribution >= 4 is 39.7 Å². The second kappa shape index (κ2) is 6.74. The van der Waals surface area contributed by atoms with Crippen molar-refractivity contribution in [1.29, 1.82) is 0 Å². The first kappa shape index (κ1) is 15.5. The number of amides is 1. The van der Waals surface area contributed by atoms with Gasteiger partial charge in [0.05, 0.1) is 10.8 Å². The smallest absolute Gasteiger partial charge is 0.240 e. The molecule has 0 aliphatic rings. The van der Waals surface area contributed by atoms with Crippen LogP contribution in [0.1, 0.15) is 6.92 Å². The van der Waals surface area contributed by atoms with E-state index in [1.54, 1.807) is 55.5 Å². The molecule has 0 aromatic heterocycles. The maximum absolute atomic E-state index is 12.3. The summed E-state index contributed by atoms with van der Waals surface area (Å²) in [6.45, 7) is 1.62. The Kier molecular flexibility index (Phi) is 4.98. The fourth-order valence-corrected chi connectivity index (χ4v) is 2.87. The SMILES string of the molecule is CC(C(=O)Nc1ccc(N)cc1)S(=O)c1ccc(Cl)cc1. The Morgan fingerprint density at radius 3 is 2.29 bits per heavy atom. The summed E-state index contributed by atoms with van der Waals surface area (Å²) in [5, 5.41) is 2.60. The molecule has 4 nitrogen and oxygen atoms in total. The Morgan fingerprint density at radius 1 is 1.14 bits per heavy atom. The summed E-state index contributed by atoms with van der Waals surface area (Å²) >= 11 is 5.79. The van der Waals surface area contributed by atoms with E-state index in [0.717, 1.165) is 0 Å². The molecule has 0 aliphatic heterocycles. The third-order valence-corrected chi connectivity index (χ3v) is 4.76. The Balaban J connectivity index is 2.06. The number of benzene rings is 2. The van der Waals surface area contributed by atoms with Crippen LogP contribution in [0.15, 0.2) is 53.4 Å². The topological polar surface area (TPSA) is 72.2 Å². The molecule has 2 aromatic rings. The third kappa shape index (κ3) is 4.06. The van der Waals surface area contributed by atoms with E-state index in [0.29, 0.717) is 21.3 Å². The zero-order valence-electron chi connectivity index (χ0n) is 11.4. The van der Waals surface area contributed by atoms with Gasteiger partial charge in [-0.1, -0.05) is 11.6 Å². The van der Waals surface area contributed by atoms with Gasteiger partial charge in [-0.3, -0.25) is 9.00 Å². The van der Waals surface area contributed by atoms with Crippen molar-refractivity contribution in [1.82, 2.24) is 0 Å². The molecule has 1 amide bonds. The Labute approximate surface area is 130 Å². The molecule has 0 radical (unpaired) electrons. The molecule has 0 bridgehead atoms. The second-order valence-electron chi connectivity index (χ2n) is 4.50. The summed E-state index contributed by atoms with van der Waals surface area (Å²) in [4.78, 5) is 12.7. The fraction of sp³-hybridized carbons (Fsp3) is 0.133. The van der Waals surface area contributed by atoms with Crippen LogP contribution in [0, 0.1) is 0 Å². The number of anilines is 2.